The summed E-state index contributed by atoms with van der Waals surface area (Å²) in [5.41, 5.74) is 1.06. The van der Waals surface area contributed by atoms with Crippen LogP contribution in [0.2, 0.25) is 0 Å². The zero-order valence-corrected chi connectivity index (χ0v) is 13.8. The highest BCUT2D eigenvalue weighted by Gasteiger charge is 2.13. The predicted octanol–water partition coefficient (Wildman–Crippen LogP) is 4.45. The van der Waals surface area contributed by atoms with E-state index in [0.29, 0.717) is 11.4 Å². The molecule has 126 valence electrons. The summed E-state index contributed by atoms with van der Waals surface area (Å²) in [6.07, 6.45) is 1.75. The minimum atomic E-state index is -0.576. The Morgan fingerprint density at radius 3 is 2.38 bits per heavy atom. The number of hydrogen-bond donors (Lipinski definition) is 2. The van der Waals surface area contributed by atoms with E-state index in [-0.39, 0.29) is 17.4 Å². The van der Waals surface area contributed by atoms with Gasteiger partial charge in [-0.1, -0.05) is 38.5 Å². The van der Waals surface area contributed by atoms with Gasteiger partial charge in [-0.15, -0.1) is 0 Å². The molecule has 0 saturated heterocycles. The van der Waals surface area contributed by atoms with Crippen LogP contribution < -0.4 is 10.6 Å². The van der Waals surface area contributed by atoms with Gasteiger partial charge in [0, 0.05) is 17.3 Å². The fraction of sp³-hybridized carbons (Fsp3) is 0.263. The quantitative estimate of drug-likeness (QED) is 0.823. The van der Waals surface area contributed by atoms with Crippen molar-refractivity contribution in [3.05, 3.63) is 59.9 Å². The highest BCUT2D eigenvalue weighted by atomic mass is 19.1. The molecule has 2 aromatic rings. The second kappa shape index (κ2) is 8.24. The van der Waals surface area contributed by atoms with Crippen LogP contribution in [0.3, 0.4) is 0 Å². The van der Waals surface area contributed by atoms with Crippen molar-refractivity contribution in [1.29, 1.82) is 0 Å². The maximum Gasteiger partial charge on any atom is 0.258 e. The molecule has 2 amide bonds. The third-order valence-electron chi connectivity index (χ3n) is 3.68. The molecule has 2 aromatic carbocycles. The monoisotopic (exact) mass is 328 g/mol. The number of nitrogens with one attached hydrogen (secondary N) is 2. The lowest BCUT2D eigenvalue weighted by Crippen LogP contribution is -2.20. The van der Waals surface area contributed by atoms with Crippen LogP contribution in [0.4, 0.5) is 15.8 Å². The summed E-state index contributed by atoms with van der Waals surface area (Å²) < 4.78 is 13.6. The van der Waals surface area contributed by atoms with E-state index in [4.69, 9.17) is 0 Å². The molecule has 1 atom stereocenters. The van der Waals surface area contributed by atoms with E-state index in [1.54, 1.807) is 30.3 Å². The molecule has 0 aromatic heterocycles. The maximum atomic E-state index is 13.6. The smallest absolute Gasteiger partial charge is 0.258 e. The van der Waals surface area contributed by atoms with Gasteiger partial charge in [0.1, 0.15) is 5.82 Å². The Balaban J connectivity index is 2.06. The molecular formula is C19H21FN2O2. The van der Waals surface area contributed by atoms with Crippen molar-refractivity contribution < 1.29 is 14.0 Å². The van der Waals surface area contributed by atoms with Crippen LogP contribution in [0.5, 0.6) is 0 Å². The lowest BCUT2D eigenvalue weighted by molar-refractivity contribution is -0.119. The first kappa shape index (κ1) is 17.7. The van der Waals surface area contributed by atoms with Crippen LogP contribution in [0.1, 0.15) is 37.0 Å². The van der Waals surface area contributed by atoms with Gasteiger partial charge in [-0.05, 0) is 36.8 Å². The summed E-state index contributed by atoms with van der Waals surface area (Å²) in [5, 5.41) is 5.46. The van der Waals surface area contributed by atoms with Crippen LogP contribution in [0.25, 0.3) is 0 Å². The average molecular weight is 328 g/mol. The van der Waals surface area contributed by atoms with Crippen molar-refractivity contribution in [1.82, 2.24) is 0 Å². The Morgan fingerprint density at radius 1 is 1.04 bits per heavy atom. The van der Waals surface area contributed by atoms with E-state index in [9.17, 15) is 14.0 Å². The Bertz CT molecular complexity index is 731. The predicted molar refractivity (Wildman–Crippen MR) is 93.5 cm³/mol. The molecular weight excluding hydrogens is 307 g/mol. The van der Waals surface area contributed by atoms with E-state index >= 15 is 0 Å². The normalized spacial score (nSPS) is 11.6. The fourth-order valence-corrected chi connectivity index (χ4v) is 2.35. The lowest BCUT2D eigenvalue weighted by atomic mass is 10.1. The molecule has 0 bridgehead atoms. The Labute approximate surface area is 141 Å². The summed E-state index contributed by atoms with van der Waals surface area (Å²) in [6.45, 7) is 3.91. The van der Waals surface area contributed by atoms with Crippen LogP contribution in [-0.2, 0) is 4.79 Å². The van der Waals surface area contributed by atoms with E-state index in [1.165, 1.54) is 18.2 Å². The van der Waals surface area contributed by atoms with Gasteiger partial charge in [0.05, 0.1) is 5.56 Å². The molecule has 24 heavy (non-hydrogen) atoms. The summed E-state index contributed by atoms with van der Waals surface area (Å²) in [6, 6.07) is 12.6. The zero-order valence-electron chi connectivity index (χ0n) is 13.8. The molecule has 0 saturated carbocycles. The number of carbonyl (C=O) groups is 2. The molecule has 4 nitrogen and oxygen atoms in total. The molecule has 1 unspecified atom stereocenters. The van der Waals surface area contributed by atoms with Crippen molar-refractivity contribution in [3.63, 3.8) is 0 Å². The van der Waals surface area contributed by atoms with Gasteiger partial charge >= 0.3 is 0 Å². The first-order valence-electron chi connectivity index (χ1n) is 7.98. The van der Waals surface area contributed by atoms with Gasteiger partial charge in [0.25, 0.3) is 5.91 Å². The molecule has 0 aliphatic rings. The maximum absolute atomic E-state index is 13.6. The molecule has 0 heterocycles. The molecule has 0 spiro atoms. The molecule has 0 aliphatic heterocycles. The molecule has 5 heteroatoms. The summed E-state index contributed by atoms with van der Waals surface area (Å²) >= 11 is 0. The number of rotatable bonds is 6. The number of benzene rings is 2. The topological polar surface area (TPSA) is 58.2 Å². The number of anilines is 2. The number of halogens is 1. The standard InChI is InChI=1S/C19H21FN2O2/c1-3-7-13(2)18(23)21-14-8-6-9-15(12-14)22-19(24)16-10-4-5-11-17(16)20/h4-6,8-13H,3,7H2,1-2H3,(H,21,23)(H,22,24). The Morgan fingerprint density at radius 2 is 1.71 bits per heavy atom. The van der Waals surface area contributed by atoms with E-state index < -0.39 is 11.7 Å². The Hall–Kier alpha value is -2.69. The van der Waals surface area contributed by atoms with Crippen LogP contribution in [0.15, 0.2) is 48.5 Å². The van der Waals surface area contributed by atoms with Gasteiger partial charge in [0.15, 0.2) is 0 Å². The van der Waals surface area contributed by atoms with E-state index in [1.807, 2.05) is 13.8 Å². The van der Waals surface area contributed by atoms with Crippen molar-refractivity contribution in [3.8, 4) is 0 Å². The van der Waals surface area contributed by atoms with Crippen molar-refractivity contribution >= 4 is 23.2 Å². The van der Waals surface area contributed by atoms with Gasteiger partial charge in [-0.3, -0.25) is 9.59 Å². The van der Waals surface area contributed by atoms with Gasteiger partial charge in [-0.25, -0.2) is 4.39 Å². The molecule has 2 rings (SSSR count). The Kier molecular flexibility index (Phi) is 6.07. The largest absolute Gasteiger partial charge is 0.326 e. The summed E-state index contributed by atoms with van der Waals surface area (Å²) in [5.74, 6) is -1.25. The highest BCUT2D eigenvalue weighted by molar-refractivity contribution is 6.04. The number of hydrogen-bond acceptors (Lipinski definition) is 2. The second-order valence-corrected chi connectivity index (χ2v) is 5.69. The van der Waals surface area contributed by atoms with E-state index in [2.05, 4.69) is 10.6 Å². The lowest BCUT2D eigenvalue weighted by Gasteiger charge is -2.12. The number of carbonyl (C=O) groups excluding carboxylic acids is 2. The van der Waals surface area contributed by atoms with Crippen LogP contribution in [-0.4, -0.2) is 11.8 Å². The molecule has 2 N–H and O–H groups in total. The van der Waals surface area contributed by atoms with Gasteiger partial charge in [0.2, 0.25) is 5.91 Å². The average Bonchev–Trinajstić information content (AvgIpc) is 2.55. The SMILES string of the molecule is CCCC(C)C(=O)Nc1cccc(NC(=O)c2ccccc2F)c1. The van der Waals surface area contributed by atoms with Crippen molar-refractivity contribution in [2.75, 3.05) is 10.6 Å². The molecule has 0 aliphatic carbocycles. The third kappa shape index (κ3) is 4.65. The zero-order chi connectivity index (χ0) is 17.5. The van der Waals surface area contributed by atoms with Gasteiger partial charge < -0.3 is 10.6 Å². The second-order valence-electron chi connectivity index (χ2n) is 5.69. The molecule has 0 fully saturated rings. The molecule has 0 radical (unpaired) electrons. The number of amides is 2. The van der Waals surface area contributed by atoms with E-state index in [0.717, 1.165) is 12.8 Å². The van der Waals surface area contributed by atoms with Crippen LogP contribution in [0, 0.1) is 11.7 Å². The van der Waals surface area contributed by atoms with Crippen LogP contribution >= 0.6 is 0 Å². The van der Waals surface area contributed by atoms with Crippen molar-refractivity contribution in [2.45, 2.75) is 26.7 Å². The minimum absolute atomic E-state index is 0.0245. The first-order chi connectivity index (χ1) is 11.5. The highest BCUT2D eigenvalue weighted by Crippen LogP contribution is 2.18. The summed E-state index contributed by atoms with van der Waals surface area (Å²) in [4.78, 5) is 24.2. The third-order valence-corrected chi connectivity index (χ3v) is 3.68. The first-order valence-corrected chi connectivity index (χ1v) is 7.98. The minimum Gasteiger partial charge on any atom is -0.326 e. The van der Waals surface area contributed by atoms with Crippen molar-refractivity contribution in [2.24, 2.45) is 5.92 Å². The van der Waals surface area contributed by atoms with Gasteiger partial charge in [-0.2, -0.15) is 0 Å². The fourth-order valence-electron chi connectivity index (χ4n) is 2.35. The summed E-state index contributed by atoms with van der Waals surface area (Å²) in [7, 11) is 0.